The van der Waals surface area contributed by atoms with Crippen molar-refractivity contribution in [2.75, 3.05) is 26.3 Å². The summed E-state index contributed by atoms with van der Waals surface area (Å²) in [5, 5.41) is 22.6. The van der Waals surface area contributed by atoms with Gasteiger partial charge in [0.15, 0.2) is 0 Å². The van der Waals surface area contributed by atoms with Crippen molar-refractivity contribution < 1.29 is 19.7 Å². The van der Waals surface area contributed by atoms with E-state index in [0.717, 1.165) is 79.3 Å². The minimum absolute atomic E-state index is 0.264. The molecule has 2 aliphatic rings. The van der Waals surface area contributed by atoms with Crippen LogP contribution in [0.4, 0.5) is 0 Å². The highest BCUT2D eigenvalue weighted by Gasteiger charge is 2.34. The van der Waals surface area contributed by atoms with Gasteiger partial charge >= 0.3 is 0 Å². The van der Waals surface area contributed by atoms with E-state index in [9.17, 15) is 10.2 Å². The Morgan fingerprint density at radius 2 is 1.41 bits per heavy atom. The number of nitrogens with zero attached hydrogens (tertiary/aromatic N) is 1. The summed E-state index contributed by atoms with van der Waals surface area (Å²) in [5.74, 6) is 1.54. The zero-order chi connectivity index (χ0) is 24.2. The lowest BCUT2D eigenvalue weighted by molar-refractivity contribution is -0.0621. The molecule has 1 atom stereocenters. The summed E-state index contributed by atoms with van der Waals surface area (Å²) in [4.78, 5) is 2.28. The Bertz CT molecular complexity index is 934. The van der Waals surface area contributed by atoms with Crippen molar-refractivity contribution in [3.05, 3.63) is 58.1 Å². The summed E-state index contributed by atoms with van der Waals surface area (Å²) in [6.45, 7) is 6.85. The average Bonchev–Trinajstić information content (AvgIpc) is 2.81. The zero-order valence-electron chi connectivity index (χ0n) is 20.5. The molecular weight excluding hydrogens is 450 g/mol. The molecule has 0 aromatic heterocycles. The number of rotatable bonds is 8. The Morgan fingerprint density at radius 3 is 2.09 bits per heavy atom. The van der Waals surface area contributed by atoms with Gasteiger partial charge in [0.1, 0.15) is 30.3 Å². The number of likely N-dealkylation sites (tertiary alicyclic amines) is 1. The normalized spacial score (nSPS) is 23.0. The van der Waals surface area contributed by atoms with E-state index in [-0.39, 0.29) is 6.61 Å². The monoisotopic (exact) mass is 487 g/mol. The maximum absolute atomic E-state index is 11.2. The summed E-state index contributed by atoms with van der Waals surface area (Å²) >= 11 is 6.26. The van der Waals surface area contributed by atoms with Gasteiger partial charge in [-0.25, -0.2) is 0 Å². The van der Waals surface area contributed by atoms with Gasteiger partial charge in [-0.3, -0.25) is 4.90 Å². The lowest BCUT2D eigenvalue weighted by atomic mass is 9.85. The van der Waals surface area contributed by atoms with Gasteiger partial charge in [-0.2, -0.15) is 0 Å². The van der Waals surface area contributed by atoms with Crippen molar-refractivity contribution in [1.29, 1.82) is 0 Å². The molecule has 2 fully saturated rings. The standard InChI is InChI=1S/C28H38ClNO4/c1-21-15-25(16-22(2)26(21)29)34-20-28(32)13-6-14-30(18-28)17-23-7-9-24(10-8-23)33-19-27(31)11-4-3-5-12-27/h7-10,15-16,31-32H,3-6,11-14,17-20H2,1-2H3. The first-order valence-electron chi connectivity index (χ1n) is 12.5. The molecule has 1 aliphatic carbocycles. The molecule has 1 unspecified atom stereocenters. The molecule has 6 heteroatoms. The summed E-state index contributed by atoms with van der Waals surface area (Å²) < 4.78 is 11.9. The molecule has 0 bridgehead atoms. The predicted octanol–water partition coefficient (Wildman–Crippen LogP) is 5.44. The van der Waals surface area contributed by atoms with Gasteiger partial charge in [-0.1, -0.05) is 43.0 Å². The first-order chi connectivity index (χ1) is 16.2. The molecule has 2 aromatic carbocycles. The van der Waals surface area contributed by atoms with Crippen LogP contribution in [0.3, 0.4) is 0 Å². The molecular formula is C28H38ClNO4. The number of ether oxygens (including phenoxy) is 2. The predicted molar refractivity (Wildman–Crippen MR) is 136 cm³/mol. The number of aliphatic hydroxyl groups is 2. The minimum Gasteiger partial charge on any atom is -0.491 e. The number of benzene rings is 2. The average molecular weight is 488 g/mol. The second-order valence-corrected chi connectivity index (χ2v) is 10.8. The summed E-state index contributed by atoms with van der Waals surface area (Å²) in [5.41, 5.74) is 1.58. The van der Waals surface area contributed by atoms with Crippen molar-refractivity contribution >= 4 is 11.6 Å². The molecule has 0 spiro atoms. The fourth-order valence-corrected chi connectivity index (χ4v) is 5.30. The maximum atomic E-state index is 11.2. The first-order valence-corrected chi connectivity index (χ1v) is 12.9. The molecule has 1 saturated heterocycles. The molecule has 0 radical (unpaired) electrons. The van der Waals surface area contributed by atoms with E-state index in [1.165, 1.54) is 12.0 Å². The number of hydrogen-bond acceptors (Lipinski definition) is 5. The third-order valence-electron chi connectivity index (χ3n) is 7.17. The summed E-state index contributed by atoms with van der Waals surface area (Å²) in [7, 11) is 0. The molecule has 1 aliphatic heterocycles. The Kier molecular flexibility index (Phi) is 8.08. The number of hydrogen-bond donors (Lipinski definition) is 2. The molecule has 1 heterocycles. The second-order valence-electron chi connectivity index (χ2n) is 10.4. The maximum Gasteiger partial charge on any atom is 0.120 e. The van der Waals surface area contributed by atoms with Gasteiger partial charge in [-0.15, -0.1) is 0 Å². The molecule has 34 heavy (non-hydrogen) atoms. The van der Waals surface area contributed by atoms with Gasteiger partial charge in [-0.05, 0) is 87.0 Å². The molecule has 0 amide bonds. The number of halogens is 1. The second kappa shape index (κ2) is 10.9. The highest BCUT2D eigenvalue weighted by molar-refractivity contribution is 6.32. The van der Waals surface area contributed by atoms with Gasteiger partial charge in [0, 0.05) is 18.1 Å². The summed E-state index contributed by atoms with van der Waals surface area (Å²) in [6.07, 6.45) is 6.65. The van der Waals surface area contributed by atoms with Crippen LogP contribution in [0.25, 0.3) is 0 Å². The summed E-state index contributed by atoms with van der Waals surface area (Å²) in [6, 6.07) is 12.0. The molecule has 5 nitrogen and oxygen atoms in total. The van der Waals surface area contributed by atoms with Crippen LogP contribution in [-0.2, 0) is 6.54 Å². The highest BCUT2D eigenvalue weighted by Crippen LogP contribution is 2.30. The van der Waals surface area contributed by atoms with E-state index >= 15 is 0 Å². The number of aryl methyl sites for hydroxylation is 2. The van der Waals surface area contributed by atoms with Crippen LogP contribution in [0.5, 0.6) is 11.5 Å². The van der Waals surface area contributed by atoms with Crippen molar-refractivity contribution in [3.8, 4) is 11.5 Å². The van der Waals surface area contributed by atoms with E-state index in [4.69, 9.17) is 21.1 Å². The smallest absolute Gasteiger partial charge is 0.120 e. The third kappa shape index (κ3) is 6.66. The third-order valence-corrected chi connectivity index (χ3v) is 7.77. The topological polar surface area (TPSA) is 62.2 Å². The lowest BCUT2D eigenvalue weighted by Crippen LogP contribution is -2.51. The van der Waals surface area contributed by atoms with Gasteiger partial charge in [0.2, 0.25) is 0 Å². The molecule has 1 saturated carbocycles. The lowest BCUT2D eigenvalue weighted by Gasteiger charge is -2.39. The zero-order valence-corrected chi connectivity index (χ0v) is 21.2. The fourth-order valence-electron chi connectivity index (χ4n) is 5.19. The van der Waals surface area contributed by atoms with Gasteiger partial charge in [0.05, 0.1) is 5.60 Å². The fraction of sp³-hybridized carbons (Fsp3) is 0.571. The Hall–Kier alpha value is -1.79. The molecule has 186 valence electrons. The van der Waals surface area contributed by atoms with E-state index in [1.54, 1.807) is 0 Å². The molecule has 2 N–H and O–H groups in total. The van der Waals surface area contributed by atoms with E-state index in [2.05, 4.69) is 17.0 Å². The van der Waals surface area contributed by atoms with Crippen LogP contribution in [0.1, 0.15) is 61.6 Å². The van der Waals surface area contributed by atoms with Gasteiger partial charge in [0.25, 0.3) is 0 Å². The largest absolute Gasteiger partial charge is 0.491 e. The van der Waals surface area contributed by atoms with Crippen molar-refractivity contribution in [3.63, 3.8) is 0 Å². The Balaban J connectivity index is 1.28. The van der Waals surface area contributed by atoms with Crippen LogP contribution in [0.2, 0.25) is 5.02 Å². The molecule has 4 rings (SSSR count). The Morgan fingerprint density at radius 1 is 0.824 bits per heavy atom. The number of piperidine rings is 1. The van der Waals surface area contributed by atoms with E-state index in [0.29, 0.717) is 13.2 Å². The quantitative estimate of drug-likeness (QED) is 0.519. The highest BCUT2D eigenvalue weighted by atomic mass is 35.5. The Labute approximate surface area is 208 Å². The molecule has 2 aromatic rings. The van der Waals surface area contributed by atoms with Crippen molar-refractivity contribution in [2.24, 2.45) is 0 Å². The van der Waals surface area contributed by atoms with Crippen LogP contribution >= 0.6 is 11.6 Å². The van der Waals surface area contributed by atoms with Crippen LogP contribution in [-0.4, -0.2) is 52.6 Å². The van der Waals surface area contributed by atoms with Crippen LogP contribution in [0, 0.1) is 13.8 Å². The van der Waals surface area contributed by atoms with Crippen molar-refractivity contribution in [2.45, 2.75) is 76.5 Å². The van der Waals surface area contributed by atoms with Gasteiger partial charge < -0.3 is 19.7 Å². The van der Waals surface area contributed by atoms with Crippen molar-refractivity contribution in [1.82, 2.24) is 4.90 Å². The first kappa shape index (κ1) is 25.3. The van der Waals surface area contributed by atoms with Crippen LogP contribution in [0.15, 0.2) is 36.4 Å². The van der Waals surface area contributed by atoms with E-state index in [1.807, 2.05) is 38.1 Å². The van der Waals surface area contributed by atoms with E-state index < -0.39 is 11.2 Å². The minimum atomic E-state index is -0.877. The number of β-amino-alcohol motifs (C(OH)–C–C–N with tert-alkyl or cyclic N) is 1. The van der Waals surface area contributed by atoms with Crippen LogP contribution < -0.4 is 9.47 Å². The SMILES string of the molecule is Cc1cc(OCC2(O)CCCN(Cc3ccc(OCC4(O)CCCCC4)cc3)C2)cc(C)c1Cl.